The first-order valence-electron chi connectivity index (χ1n) is 11.9. The zero-order valence-corrected chi connectivity index (χ0v) is 21.3. The number of carbonyl (C=O) groups excluding carboxylic acids is 2. The third kappa shape index (κ3) is 5.22. The quantitative estimate of drug-likeness (QED) is 0.237. The highest BCUT2D eigenvalue weighted by atomic mass is 19.4. The minimum Gasteiger partial charge on any atom is -0.507 e. The number of halogens is 3. The fraction of sp³-hybridized carbons (Fsp3) is 0.241. The van der Waals surface area contributed by atoms with Crippen molar-refractivity contribution in [1.29, 1.82) is 0 Å². The molecule has 0 aliphatic carbocycles. The van der Waals surface area contributed by atoms with Gasteiger partial charge in [0.15, 0.2) is 0 Å². The number of aliphatic hydroxyl groups excluding tert-OH is 1. The van der Waals surface area contributed by atoms with E-state index in [1.54, 1.807) is 48.5 Å². The molecule has 0 saturated carbocycles. The third-order valence-corrected chi connectivity index (χ3v) is 6.14. The molecule has 3 aromatic carbocycles. The number of hydrogen-bond acceptors (Lipinski definition) is 5. The monoisotopic (exact) mass is 524 g/mol. The maximum atomic E-state index is 13.3. The van der Waals surface area contributed by atoms with Gasteiger partial charge in [-0.05, 0) is 80.1 Å². The lowest BCUT2D eigenvalue weighted by Crippen LogP contribution is -2.29. The van der Waals surface area contributed by atoms with Gasteiger partial charge in [0.1, 0.15) is 11.5 Å². The third-order valence-electron chi connectivity index (χ3n) is 6.14. The van der Waals surface area contributed by atoms with Crippen molar-refractivity contribution in [1.82, 2.24) is 0 Å². The molecule has 38 heavy (non-hydrogen) atoms. The van der Waals surface area contributed by atoms with Crippen molar-refractivity contribution in [3.8, 4) is 5.75 Å². The van der Waals surface area contributed by atoms with E-state index in [0.717, 1.165) is 34.9 Å². The molecule has 1 aliphatic rings. The van der Waals surface area contributed by atoms with Gasteiger partial charge in [-0.25, -0.2) is 0 Å². The molecule has 4 rings (SSSR count). The molecule has 0 radical (unpaired) electrons. The molecule has 198 valence electrons. The second kappa shape index (κ2) is 10.2. The number of alkyl halides is 3. The molecule has 1 aliphatic heterocycles. The van der Waals surface area contributed by atoms with Crippen LogP contribution in [-0.2, 0) is 15.8 Å². The van der Waals surface area contributed by atoms with Crippen LogP contribution in [-0.4, -0.2) is 37.0 Å². The van der Waals surface area contributed by atoms with E-state index in [4.69, 9.17) is 4.74 Å². The van der Waals surface area contributed by atoms with Gasteiger partial charge in [0.2, 0.25) is 0 Å². The normalized spacial score (nSPS) is 17.3. The highest BCUT2D eigenvalue weighted by Crippen LogP contribution is 2.43. The Morgan fingerprint density at radius 3 is 2.00 bits per heavy atom. The Morgan fingerprint density at radius 1 is 0.921 bits per heavy atom. The standard InChI is InChI=1S/C29H27F3N2O4/c1-17(2)38-23-15-7-19(8-16-23)26(35)24-25(18-5-11-21(12-6-18)33(3)4)34(28(37)27(24)36)22-13-9-20(10-14-22)29(30,31)32/h5-17,25,35H,1-4H3/b26-24+. The number of rotatable bonds is 6. The van der Waals surface area contributed by atoms with Crippen molar-refractivity contribution in [2.75, 3.05) is 23.9 Å². The second-order valence-electron chi connectivity index (χ2n) is 9.39. The van der Waals surface area contributed by atoms with Gasteiger partial charge in [-0.2, -0.15) is 13.2 Å². The lowest BCUT2D eigenvalue weighted by molar-refractivity contribution is -0.137. The number of Topliss-reactive ketones (excluding diaryl/α,β-unsaturated/α-hetero) is 1. The molecular weight excluding hydrogens is 497 g/mol. The minimum absolute atomic E-state index is 0.0614. The summed E-state index contributed by atoms with van der Waals surface area (Å²) in [6.45, 7) is 3.75. The van der Waals surface area contributed by atoms with Gasteiger partial charge >= 0.3 is 6.18 Å². The number of hydrogen-bond donors (Lipinski definition) is 1. The van der Waals surface area contributed by atoms with Crippen LogP contribution in [0.1, 0.15) is 36.6 Å². The number of ether oxygens (including phenoxy) is 1. The van der Waals surface area contributed by atoms with Gasteiger partial charge in [0, 0.05) is 31.0 Å². The van der Waals surface area contributed by atoms with Crippen molar-refractivity contribution in [2.24, 2.45) is 0 Å². The Kier molecular flexibility index (Phi) is 7.22. The van der Waals surface area contributed by atoms with Crippen LogP contribution in [0, 0.1) is 0 Å². The second-order valence-corrected chi connectivity index (χ2v) is 9.39. The lowest BCUT2D eigenvalue weighted by Gasteiger charge is -2.26. The van der Waals surface area contributed by atoms with E-state index in [1.165, 1.54) is 0 Å². The summed E-state index contributed by atoms with van der Waals surface area (Å²) in [6.07, 6.45) is -4.62. The smallest absolute Gasteiger partial charge is 0.416 e. The van der Waals surface area contributed by atoms with Crippen LogP contribution in [0.2, 0.25) is 0 Å². The van der Waals surface area contributed by atoms with Gasteiger partial charge in [0.05, 0.1) is 23.3 Å². The summed E-state index contributed by atoms with van der Waals surface area (Å²) in [5.41, 5.74) is 0.721. The number of anilines is 2. The van der Waals surface area contributed by atoms with Gasteiger partial charge in [-0.1, -0.05) is 12.1 Å². The molecule has 6 nitrogen and oxygen atoms in total. The fourth-order valence-electron chi connectivity index (χ4n) is 4.30. The van der Waals surface area contributed by atoms with E-state index in [2.05, 4.69) is 0 Å². The first kappa shape index (κ1) is 26.8. The van der Waals surface area contributed by atoms with E-state index in [0.29, 0.717) is 16.9 Å². The number of benzene rings is 3. The molecule has 0 aromatic heterocycles. The van der Waals surface area contributed by atoms with Crippen LogP contribution in [0.4, 0.5) is 24.5 Å². The molecule has 0 bridgehead atoms. The largest absolute Gasteiger partial charge is 0.507 e. The van der Waals surface area contributed by atoms with Crippen LogP contribution >= 0.6 is 0 Å². The number of aliphatic hydroxyl groups is 1. The predicted octanol–water partition coefficient (Wildman–Crippen LogP) is 6.18. The summed E-state index contributed by atoms with van der Waals surface area (Å²) in [4.78, 5) is 29.5. The van der Waals surface area contributed by atoms with Gasteiger partial charge in [-0.3, -0.25) is 14.5 Å². The SMILES string of the molecule is CC(C)Oc1ccc(/C(O)=C2\C(=O)C(=O)N(c3ccc(C(F)(F)F)cc3)C2c2ccc(N(C)C)cc2)cc1. The summed E-state index contributed by atoms with van der Waals surface area (Å²) >= 11 is 0. The number of amides is 1. The van der Waals surface area contributed by atoms with Crippen molar-refractivity contribution in [3.63, 3.8) is 0 Å². The van der Waals surface area contributed by atoms with E-state index in [1.807, 2.05) is 32.8 Å². The Balaban J connectivity index is 1.85. The average molecular weight is 525 g/mol. The molecule has 1 atom stereocenters. The van der Waals surface area contributed by atoms with Crippen molar-refractivity contribution in [3.05, 3.63) is 95.1 Å². The molecule has 9 heteroatoms. The molecule has 1 N–H and O–H groups in total. The van der Waals surface area contributed by atoms with E-state index >= 15 is 0 Å². The Hall–Kier alpha value is -4.27. The number of nitrogens with zero attached hydrogens (tertiary/aromatic N) is 2. The molecule has 1 heterocycles. The molecule has 1 unspecified atom stereocenters. The summed E-state index contributed by atoms with van der Waals surface area (Å²) in [6, 6.07) is 16.4. The van der Waals surface area contributed by atoms with Gasteiger partial charge in [0.25, 0.3) is 11.7 Å². The predicted molar refractivity (Wildman–Crippen MR) is 139 cm³/mol. The lowest BCUT2D eigenvalue weighted by atomic mass is 9.94. The first-order chi connectivity index (χ1) is 17.9. The topological polar surface area (TPSA) is 70.1 Å². The Labute approximate surface area is 218 Å². The average Bonchev–Trinajstić information content (AvgIpc) is 3.13. The first-order valence-corrected chi connectivity index (χ1v) is 11.9. The maximum absolute atomic E-state index is 13.3. The highest BCUT2D eigenvalue weighted by Gasteiger charge is 2.47. The van der Waals surface area contributed by atoms with Crippen LogP contribution < -0.4 is 14.5 Å². The fourth-order valence-corrected chi connectivity index (χ4v) is 4.30. The van der Waals surface area contributed by atoms with Crippen LogP contribution in [0.25, 0.3) is 5.76 Å². The van der Waals surface area contributed by atoms with E-state index in [-0.39, 0.29) is 17.4 Å². The zero-order valence-electron chi connectivity index (χ0n) is 21.3. The van der Waals surface area contributed by atoms with E-state index in [9.17, 15) is 27.9 Å². The molecule has 1 fully saturated rings. The summed E-state index contributed by atoms with van der Waals surface area (Å²) in [5, 5.41) is 11.3. The molecule has 0 spiro atoms. The zero-order chi connectivity index (χ0) is 27.8. The number of carbonyl (C=O) groups is 2. The van der Waals surface area contributed by atoms with Crippen molar-refractivity contribution in [2.45, 2.75) is 32.2 Å². The number of ketones is 1. The van der Waals surface area contributed by atoms with E-state index < -0.39 is 35.2 Å². The van der Waals surface area contributed by atoms with Crippen LogP contribution in [0.5, 0.6) is 5.75 Å². The molecule has 1 saturated heterocycles. The van der Waals surface area contributed by atoms with Gasteiger partial charge in [-0.15, -0.1) is 0 Å². The summed E-state index contributed by atoms with van der Waals surface area (Å²) < 4.78 is 45.1. The molecule has 1 amide bonds. The highest BCUT2D eigenvalue weighted by molar-refractivity contribution is 6.51. The van der Waals surface area contributed by atoms with Gasteiger partial charge < -0.3 is 14.7 Å². The summed E-state index contributed by atoms with van der Waals surface area (Å²) in [5.74, 6) is -1.72. The van der Waals surface area contributed by atoms with Crippen molar-refractivity contribution < 1.29 is 32.6 Å². The van der Waals surface area contributed by atoms with Crippen LogP contribution in [0.15, 0.2) is 78.4 Å². The maximum Gasteiger partial charge on any atom is 0.416 e. The Morgan fingerprint density at radius 2 is 1.50 bits per heavy atom. The molecule has 3 aromatic rings. The summed E-state index contributed by atoms with van der Waals surface area (Å²) in [7, 11) is 3.71. The van der Waals surface area contributed by atoms with Crippen molar-refractivity contribution >= 4 is 28.8 Å². The van der Waals surface area contributed by atoms with Crippen LogP contribution in [0.3, 0.4) is 0 Å². The molecular formula is C29H27F3N2O4. The minimum atomic E-state index is -4.56. The Bertz CT molecular complexity index is 1360.